The van der Waals surface area contributed by atoms with E-state index in [4.69, 9.17) is 22.8 Å². The quantitative estimate of drug-likeness (QED) is 0.743. The normalized spacial score (nSPS) is 11.4. The molecule has 0 aliphatic carbocycles. The van der Waals surface area contributed by atoms with Crippen LogP contribution in [0.15, 0.2) is 48.5 Å². The third-order valence-electron chi connectivity index (χ3n) is 3.34. The summed E-state index contributed by atoms with van der Waals surface area (Å²) in [5.41, 5.74) is 0.787. The van der Waals surface area contributed by atoms with Gasteiger partial charge in [-0.1, -0.05) is 35.7 Å². The maximum atomic E-state index is 13.0. The Kier molecular flexibility index (Phi) is 6.22. The van der Waals surface area contributed by atoms with E-state index in [2.05, 4.69) is 5.92 Å². The van der Waals surface area contributed by atoms with Crippen molar-refractivity contribution in [3.8, 4) is 18.1 Å². The number of hydrogen-bond acceptors (Lipinski definition) is 2. The minimum absolute atomic E-state index is 0.138. The lowest BCUT2D eigenvalue weighted by Crippen LogP contribution is -2.40. The summed E-state index contributed by atoms with van der Waals surface area (Å²) in [5.74, 6) is 2.39. The van der Waals surface area contributed by atoms with Crippen LogP contribution in [0.2, 0.25) is 5.02 Å². The summed E-state index contributed by atoms with van der Waals surface area (Å²) in [5, 5.41) is 0.527. The van der Waals surface area contributed by atoms with Crippen LogP contribution in [0, 0.1) is 18.2 Å². The highest BCUT2D eigenvalue weighted by atomic mass is 35.5. The molecule has 2 aromatic carbocycles. The minimum atomic E-state index is -0.725. The van der Waals surface area contributed by atoms with Gasteiger partial charge >= 0.3 is 0 Å². The highest BCUT2D eigenvalue weighted by Gasteiger charge is 2.22. The first-order valence-corrected chi connectivity index (χ1v) is 7.76. The van der Waals surface area contributed by atoms with Gasteiger partial charge in [0.05, 0.1) is 6.54 Å². The molecular weight excluding hydrogens is 329 g/mol. The van der Waals surface area contributed by atoms with E-state index >= 15 is 0 Å². The van der Waals surface area contributed by atoms with E-state index in [0.717, 1.165) is 5.56 Å². The fourth-order valence-electron chi connectivity index (χ4n) is 2.18. The molecule has 2 rings (SSSR count). The number of amides is 1. The first kappa shape index (κ1) is 17.8. The van der Waals surface area contributed by atoms with Gasteiger partial charge in [0, 0.05) is 11.6 Å². The molecule has 2 aromatic rings. The highest BCUT2D eigenvalue weighted by molar-refractivity contribution is 6.30. The molecule has 1 atom stereocenters. The smallest absolute Gasteiger partial charge is 0.264 e. The van der Waals surface area contributed by atoms with Crippen LogP contribution in [-0.2, 0) is 11.3 Å². The second kappa shape index (κ2) is 8.37. The monoisotopic (exact) mass is 345 g/mol. The molecule has 0 radical (unpaired) electrons. The van der Waals surface area contributed by atoms with Gasteiger partial charge in [-0.3, -0.25) is 4.79 Å². The van der Waals surface area contributed by atoms with E-state index in [0.29, 0.717) is 10.8 Å². The Morgan fingerprint density at radius 3 is 2.67 bits per heavy atom. The van der Waals surface area contributed by atoms with Gasteiger partial charge in [0.2, 0.25) is 0 Å². The molecule has 0 bridgehead atoms. The molecule has 0 aliphatic heterocycles. The van der Waals surface area contributed by atoms with Gasteiger partial charge in [-0.25, -0.2) is 4.39 Å². The van der Waals surface area contributed by atoms with Gasteiger partial charge < -0.3 is 9.64 Å². The predicted molar refractivity (Wildman–Crippen MR) is 92.2 cm³/mol. The van der Waals surface area contributed by atoms with E-state index in [1.807, 2.05) is 0 Å². The van der Waals surface area contributed by atoms with Crippen LogP contribution in [0.3, 0.4) is 0 Å². The third kappa shape index (κ3) is 5.00. The summed E-state index contributed by atoms with van der Waals surface area (Å²) in [6.07, 6.45) is 4.63. The molecule has 5 heteroatoms. The van der Waals surface area contributed by atoms with Crippen molar-refractivity contribution in [2.24, 2.45) is 0 Å². The van der Waals surface area contributed by atoms with Crippen molar-refractivity contribution in [1.82, 2.24) is 4.90 Å². The summed E-state index contributed by atoms with van der Waals surface area (Å²) in [7, 11) is 0. The summed E-state index contributed by atoms with van der Waals surface area (Å²) < 4.78 is 18.6. The average molecular weight is 346 g/mol. The molecule has 1 amide bonds. The van der Waals surface area contributed by atoms with Crippen molar-refractivity contribution in [2.45, 2.75) is 19.6 Å². The zero-order valence-electron chi connectivity index (χ0n) is 13.2. The van der Waals surface area contributed by atoms with Gasteiger partial charge in [-0.2, -0.15) is 0 Å². The van der Waals surface area contributed by atoms with Crippen molar-refractivity contribution in [3.63, 3.8) is 0 Å². The van der Waals surface area contributed by atoms with Crippen molar-refractivity contribution in [2.75, 3.05) is 6.54 Å². The van der Waals surface area contributed by atoms with Gasteiger partial charge in [-0.15, -0.1) is 6.42 Å². The van der Waals surface area contributed by atoms with Crippen molar-refractivity contribution >= 4 is 17.5 Å². The SMILES string of the molecule is C#CCN(Cc1ccc(F)cc1)C(=O)[C@H](C)Oc1cccc(Cl)c1. The van der Waals surface area contributed by atoms with E-state index in [9.17, 15) is 9.18 Å². The number of rotatable bonds is 6. The Hall–Kier alpha value is -2.51. The van der Waals surface area contributed by atoms with Crippen LogP contribution >= 0.6 is 11.6 Å². The number of terminal acetylenes is 1. The summed E-state index contributed by atoms with van der Waals surface area (Å²) in [6.45, 7) is 2.07. The Labute approximate surface area is 146 Å². The maximum absolute atomic E-state index is 13.0. The molecule has 0 N–H and O–H groups in total. The summed E-state index contributed by atoms with van der Waals surface area (Å²) in [4.78, 5) is 14.1. The van der Waals surface area contributed by atoms with Gasteiger partial charge in [-0.05, 0) is 42.8 Å². The largest absolute Gasteiger partial charge is 0.481 e. The molecule has 3 nitrogen and oxygen atoms in total. The Morgan fingerprint density at radius 1 is 1.33 bits per heavy atom. The van der Waals surface area contributed by atoms with Gasteiger partial charge in [0.1, 0.15) is 11.6 Å². The Bertz CT molecular complexity index is 740. The maximum Gasteiger partial charge on any atom is 0.264 e. The molecule has 0 aliphatic rings. The molecular formula is C19H17ClFNO2. The average Bonchev–Trinajstić information content (AvgIpc) is 2.55. The first-order chi connectivity index (χ1) is 11.5. The number of halogens is 2. The number of carbonyl (C=O) groups is 1. The molecule has 0 heterocycles. The zero-order valence-corrected chi connectivity index (χ0v) is 14.0. The predicted octanol–water partition coefficient (Wildman–Crippen LogP) is 3.91. The van der Waals surface area contributed by atoms with E-state index in [-0.39, 0.29) is 24.8 Å². The van der Waals surface area contributed by atoms with Crippen LogP contribution in [0.25, 0.3) is 0 Å². The number of benzene rings is 2. The molecule has 0 fully saturated rings. The second-order valence-electron chi connectivity index (χ2n) is 5.24. The van der Waals surface area contributed by atoms with Crippen molar-refractivity contribution < 1.29 is 13.9 Å². The fourth-order valence-corrected chi connectivity index (χ4v) is 2.36. The molecule has 0 saturated carbocycles. The Balaban J connectivity index is 2.07. The van der Waals surface area contributed by atoms with Crippen LogP contribution in [0.4, 0.5) is 4.39 Å². The lowest BCUT2D eigenvalue weighted by Gasteiger charge is -2.24. The first-order valence-electron chi connectivity index (χ1n) is 7.38. The molecule has 0 aromatic heterocycles. The Morgan fingerprint density at radius 2 is 2.04 bits per heavy atom. The molecule has 0 unspecified atom stereocenters. The molecule has 124 valence electrons. The lowest BCUT2D eigenvalue weighted by atomic mass is 10.2. The molecule has 0 spiro atoms. The van der Waals surface area contributed by atoms with E-state index in [1.165, 1.54) is 17.0 Å². The van der Waals surface area contributed by atoms with Crippen LogP contribution in [-0.4, -0.2) is 23.5 Å². The van der Waals surface area contributed by atoms with Gasteiger partial charge in [0.25, 0.3) is 5.91 Å². The topological polar surface area (TPSA) is 29.5 Å². The standard InChI is InChI=1S/C19H17ClFNO2/c1-3-11-22(13-15-7-9-17(21)10-8-15)19(23)14(2)24-18-6-4-5-16(20)12-18/h1,4-10,12,14H,11,13H2,2H3/t14-/m0/s1. The number of carbonyl (C=O) groups excluding carboxylic acids is 1. The minimum Gasteiger partial charge on any atom is -0.481 e. The zero-order chi connectivity index (χ0) is 17.5. The fraction of sp³-hybridized carbons (Fsp3) is 0.211. The molecule has 24 heavy (non-hydrogen) atoms. The van der Waals surface area contributed by atoms with Crippen molar-refractivity contribution in [3.05, 3.63) is 64.9 Å². The van der Waals surface area contributed by atoms with Crippen LogP contribution in [0.1, 0.15) is 12.5 Å². The van der Waals surface area contributed by atoms with Crippen LogP contribution in [0.5, 0.6) is 5.75 Å². The summed E-state index contributed by atoms with van der Waals surface area (Å²) >= 11 is 5.91. The summed E-state index contributed by atoms with van der Waals surface area (Å²) in [6, 6.07) is 12.8. The third-order valence-corrected chi connectivity index (χ3v) is 3.57. The van der Waals surface area contributed by atoms with E-state index < -0.39 is 6.10 Å². The van der Waals surface area contributed by atoms with Crippen molar-refractivity contribution in [1.29, 1.82) is 0 Å². The van der Waals surface area contributed by atoms with Crippen LogP contribution < -0.4 is 4.74 Å². The lowest BCUT2D eigenvalue weighted by molar-refractivity contribution is -0.137. The highest BCUT2D eigenvalue weighted by Crippen LogP contribution is 2.19. The number of hydrogen-bond donors (Lipinski definition) is 0. The number of ether oxygens (including phenoxy) is 1. The molecule has 0 saturated heterocycles. The van der Waals surface area contributed by atoms with E-state index in [1.54, 1.807) is 43.3 Å². The van der Waals surface area contributed by atoms with Gasteiger partial charge in [0.15, 0.2) is 6.10 Å². The number of nitrogens with zero attached hydrogens (tertiary/aromatic N) is 1. The second-order valence-corrected chi connectivity index (χ2v) is 5.68.